The minimum absolute atomic E-state index is 0.0749. The lowest BCUT2D eigenvalue weighted by atomic mass is 10.2. The second kappa shape index (κ2) is 5.10. The number of hydrogen-bond donors (Lipinski definition) is 2. The van der Waals surface area contributed by atoms with E-state index in [4.69, 9.17) is 5.14 Å². The zero-order valence-electron chi connectivity index (χ0n) is 10.3. The van der Waals surface area contributed by atoms with E-state index in [1.165, 1.54) is 4.90 Å². The molecule has 104 valence electrons. The largest absolute Gasteiger partial charge is 0.386 e. The summed E-state index contributed by atoms with van der Waals surface area (Å²) in [5.41, 5.74) is 1.40. The first-order valence-corrected chi connectivity index (χ1v) is 8.02. The summed E-state index contributed by atoms with van der Waals surface area (Å²) in [6.45, 7) is 0.0861. The highest BCUT2D eigenvalue weighted by molar-refractivity contribution is 9.10. The first kappa shape index (κ1) is 14.3. The summed E-state index contributed by atoms with van der Waals surface area (Å²) in [7, 11) is -1.96. The predicted molar refractivity (Wildman–Crippen MR) is 77.6 cm³/mol. The topological polar surface area (TPSA) is 92.5 Å². The summed E-state index contributed by atoms with van der Waals surface area (Å²) in [5, 5.41) is 7.25. The highest BCUT2D eigenvalue weighted by Crippen LogP contribution is 2.33. The number of nitrogens with two attached hydrogens (primary N) is 1. The lowest BCUT2D eigenvalue weighted by Gasteiger charge is -2.20. The summed E-state index contributed by atoms with van der Waals surface area (Å²) in [5.74, 6) is -0.242. The summed E-state index contributed by atoms with van der Waals surface area (Å²) in [4.78, 5) is 13.4. The average molecular weight is 348 g/mol. The van der Waals surface area contributed by atoms with E-state index in [1.807, 2.05) is 12.1 Å². The molecule has 1 atom stereocenters. The smallest absolute Gasteiger partial charge is 0.228 e. The molecule has 1 fully saturated rings. The fraction of sp³-hybridized carbons (Fsp3) is 0.364. The van der Waals surface area contributed by atoms with Crippen molar-refractivity contribution in [2.24, 2.45) is 5.14 Å². The maximum Gasteiger partial charge on any atom is 0.228 e. The van der Waals surface area contributed by atoms with Crippen LogP contribution in [-0.2, 0) is 14.8 Å². The fourth-order valence-corrected chi connectivity index (χ4v) is 3.15. The van der Waals surface area contributed by atoms with Crippen LogP contribution in [0.2, 0.25) is 0 Å². The summed E-state index contributed by atoms with van der Waals surface area (Å²) >= 11 is 3.34. The summed E-state index contributed by atoms with van der Waals surface area (Å²) < 4.78 is 23.5. The first-order valence-electron chi connectivity index (χ1n) is 5.62. The monoisotopic (exact) mass is 347 g/mol. The number of hydrogen-bond acceptors (Lipinski definition) is 4. The second-order valence-corrected chi connectivity index (χ2v) is 7.09. The molecule has 1 saturated heterocycles. The Balaban J connectivity index is 2.38. The van der Waals surface area contributed by atoms with Crippen molar-refractivity contribution in [2.45, 2.75) is 11.7 Å². The molecule has 0 bridgehead atoms. The standard InChI is InChI=1S/C11H14BrN3O3S/c1-14-9-3-2-7(12)4-10(9)15-6-8(5-11(15)16)19(13,17)18/h2-4,8,14H,5-6H2,1H3,(H2,13,17,18). The highest BCUT2D eigenvalue weighted by atomic mass is 79.9. The molecular formula is C11H14BrN3O3S. The van der Waals surface area contributed by atoms with Crippen molar-refractivity contribution in [1.82, 2.24) is 0 Å². The van der Waals surface area contributed by atoms with Gasteiger partial charge in [-0.05, 0) is 18.2 Å². The van der Waals surface area contributed by atoms with Gasteiger partial charge in [0.2, 0.25) is 15.9 Å². The Morgan fingerprint density at radius 2 is 2.16 bits per heavy atom. The summed E-state index contributed by atoms with van der Waals surface area (Å²) in [6.07, 6.45) is -0.0749. The van der Waals surface area contributed by atoms with Gasteiger partial charge in [-0.15, -0.1) is 0 Å². The van der Waals surface area contributed by atoms with E-state index in [-0.39, 0.29) is 18.9 Å². The Hall–Kier alpha value is -1.12. The number of halogens is 1. The minimum atomic E-state index is -3.70. The van der Waals surface area contributed by atoms with Crippen LogP contribution < -0.4 is 15.4 Å². The molecule has 2 rings (SSSR count). The van der Waals surface area contributed by atoms with Gasteiger partial charge in [-0.1, -0.05) is 15.9 Å². The van der Waals surface area contributed by atoms with Crippen molar-refractivity contribution in [3.05, 3.63) is 22.7 Å². The van der Waals surface area contributed by atoms with Gasteiger partial charge in [0, 0.05) is 24.5 Å². The molecule has 1 aromatic carbocycles. The van der Waals surface area contributed by atoms with Crippen molar-refractivity contribution < 1.29 is 13.2 Å². The van der Waals surface area contributed by atoms with E-state index >= 15 is 0 Å². The zero-order valence-corrected chi connectivity index (χ0v) is 12.7. The van der Waals surface area contributed by atoms with Crippen LogP contribution in [0.4, 0.5) is 11.4 Å². The molecule has 0 saturated carbocycles. The number of anilines is 2. The molecule has 0 radical (unpaired) electrons. The number of amides is 1. The van der Waals surface area contributed by atoms with Crippen LogP contribution in [0, 0.1) is 0 Å². The van der Waals surface area contributed by atoms with Crippen molar-refractivity contribution >= 4 is 43.2 Å². The third-order valence-electron chi connectivity index (χ3n) is 3.07. The molecular weight excluding hydrogens is 334 g/mol. The Kier molecular flexibility index (Phi) is 3.84. The van der Waals surface area contributed by atoms with Gasteiger partial charge in [-0.25, -0.2) is 13.6 Å². The van der Waals surface area contributed by atoms with Gasteiger partial charge in [-0.3, -0.25) is 4.79 Å². The average Bonchev–Trinajstić information content (AvgIpc) is 2.71. The maximum absolute atomic E-state index is 12.0. The SMILES string of the molecule is CNc1ccc(Br)cc1N1CC(S(N)(=O)=O)CC1=O. The van der Waals surface area contributed by atoms with Crippen LogP contribution >= 0.6 is 15.9 Å². The van der Waals surface area contributed by atoms with Gasteiger partial charge < -0.3 is 10.2 Å². The molecule has 6 nitrogen and oxygen atoms in total. The lowest BCUT2D eigenvalue weighted by molar-refractivity contribution is -0.117. The van der Waals surface area contributed by atoms with E-state index in [0.717, 1.165) is 10.2 Å². The van der Waals surface area contributed by atoms with Gasteiger partial charge >= 0.3 is 0 Å². The summed E-state index contributed by atoms with van der Waals surface area (Å²) in [6, 6.07) is 5.43. The van der Waals surface area contributed by atoms with Gasteiger partial charge in [0.15, 0.2) is 0 Å². The van der Waals surface area contributed by atoms with Crippen molar-refractivity contribution in [1.29, 1.82) is 0 Å². The molecule has 0 aliphatic carbocycles. The van der Waals surface area contributed by atoms with Gasteiger partial charge in [0.05, 0.1) is 11.4 Å². The van der Waals surface area contributed by atoms with Crippen LogP contribution in [0.3, 0.4) is 0 Å². The molecule has 1 heterocycles. The number of nitrogens with one attached hydrogen (secondary N) is 1. The minimum Gasteiger partial charge on any atom is -0.386 e. The number of rotatable bonds is 3. The molecule has 3 N–H and O–H groups in total. The van der Waals surface area contributed by atoms with E-state index < -0.39 is 15.3 Å². The molecule has 1 aromatic rings. The number of nitrogens with zero attached hydrogens (tertiary/aromatic N) is 1. The van der Waals surface area contributed by atoms with Crippen molar-refractivity contribution in [3.63, 3.8) is 0 Å². The Morgan fingerprint density at radius 1 is 1.47 bits per heavy atom. The maximum atomic E-state index is 12.0. The Bertz CT molecular complexity index is 618. The molecule has 0 spiro atoms. The van der Waals surface area contributed by atoms with Crippen LogP contribution in [0.5, 0.6) is 0 Å². The van der Waals surface area contributed by atoms with Crippen LogP contribution in [0.15, 0.2) is 22.7 Å². The highest BCUT2D eigenvalue weighted by Gasteiger charge is 2.37. The second-order valence-electron chi connectivity index (χ2n) is 4.33. The van der Waals surface area contributed by atoms with Gasteiger partial charge in [0.1, 0.15) is 5.25 Å². The van der Waals surface area contributed by atoms with Crippen molar-refractivity contribution in [2.75, 3.05) is 23.8 Å². The molecule has 1 aliphatic heterocycles. The van der Waals surface area contributed by atoms with E-state index in [2.05, 4.69) is 21.2 Å². The van der Waals surface area contributed by atoms with Gasteiger partial charge in [0.25, 0.3) is 0 Å². The van der Waals surface area contributed by atoms with Crippen LogP contribution in [0.1, 0.15) is 6.42 Å². The van der Waals surface area contributed by atoms with E-state index in [0.29, 0.717) is 5.69 Å². The number of carbonyl (C=O) groups excluding carboxylic acids is 1. The number of primary sulfonamides is 1. The number of benzene rings is 1. The zero-order chi connectivity index (χ0) is 14.2. The van der Waals surface area contributed by atoms with Crippen molar-refractivity contribution in [3.8, 4) is 0 Å². The Labute approximate surface area is 120 Å². The normalized spacial score (nSPS) is 19.8. The van der Waals surface area contributed by atoms with E-state index in [9.17, 15) is 13.2 Å². The predicted octanol–water partition coefficient (Wildman–Crippen LogP) is 0.885. The molecule has 1 aliphatic rings. The molecule has 1 amide bonds. The molecule has 19 heavy (non-hydrogen) atoms. The van der Waals surface area contributed by atoms with E-state index in [1.54, 1.807) is 13.1 Å². The van der Waals surface area contributed by atoms with Crippen LogP contribution in [0.25, 0.3) is 0 Å². The lowest BCUT2D eigenvalue weighted by Crippen LogP contribution is -2.32. The van der Waals surface area contributed by atoms with Gasteiger partial charge in [-0.2, -0.15) is 0 Å². The third kappa shape index (κ3) is 2.90. The fourth-order valence-electron chi connectivity index (χ4n) is 2.07. The third-order valence-corrected chi connectivity index (χ3v) is 4.81. The Morgan fingerprint density at radius 3 is 2.68 bits per heavy atom. The van der Waals surface area contributed by atoms with Crippen LogP contribution in [-0.4, -0.2) is 33.2 Å². The quantitative estimate of drug-likeness (QED) is 0.848. The first-order chi connectivity index (χ1) is 8.82. The number of carbonyl (C=O) groups is 1. The molecule has 1 unspecified atom stereocenters. The molecule has 0 aromatic heterocycles. The molecule has 8 heteroatoms. The number of sulfonamides is 1.